The number of ether oxygens (including phenoxy) is 1. The van der Waals surface area contributed by atoms with E-state index >= 15 is 0 Å². The van der Waals surface area contributed by atoms with Gasteiger partial charge >= 0.3 is 0 Å². The van der Waals surface area contributed by atoms with Gasteiger partial charge in [-0.1, -0.05) is 30.3 Å². The highest BCUT2D eigenvalue weighted by molar-refractivity contribution is 9.11. The van der Waals surface area contributed by atoms with Crippen molar-refractivity contribution >= 4 is 53.3 Å². The highest BCUT2D eigenvalue weighted by atomic mass is 79.9. The number of rotatable bonds is 3. The third-order valence-corrected chi connectivity index (χ3v) is 6.14. The van der Waals surface area contributed by atoms with Crippen LogP contribution in [0.2, 0.25) is 0 Å². The Labute approximate surface area is 161 Å². The van der Waals surface area contributed by atoms with Crippen molar-refractivity contribution in [2.45, 2.75) is 0 Å². The van der Waals surface area contributed by atoms with Gasteiger partial charge in [-0.05, 0) is 85.3 Å². The number of benzene rings is 3. The minimum atomic E-state index is 0.798. The summed E-state index contributed by atoms with van der Waals surface area (Å²) in [4.78, 5) is 1.25. The van der Waals surface area contributed by atoms with E-state index in [-0.39, 0.29) is 0 Å². The van der Waals surface area contributed by atoms with E-state index in [0.29, 0.717) is 0 Å². The summed E-state index contributed by atoms with van der Waals surface area (Å²) < 4.78 is 9.18. The Morgan fingerprint density at radius 1 is 0.708 bits per heavy atom. The molecule has 24 heavy (non-hydrogen) atoms. The van der Waals surface area contributed by atoms with Gasteiger partial charge in [-0.2, -0.15) is 0 Å². The monoisotopic (exact) mass is 458 g/mol. The lowest BCUT2D eigenvalue weighted by Crippen LogP contribution is -1.87. The molecule has 118 valence electrons. The number of fused-ring (bicyclic) bond motifs is 1. The Morgan fingerprint density at radius 2 is 1.46 bits per heavy atom. The topological polar surface area (TPSA) is 9.23 Å². The molecule has 0 N–H and O–H groups in total. The number of para-hydroxylation sites is 1. The summed E-state index contributed by atoms with van der Waals surface area (Å²) in [6.07, 6.45) is 0. The molecular weight excluding hydrogens is 448 g/mol. The average Bonchev–Trinajstić information content (AvgIpc) is 3.02. The fraction of sp³-hybridized carbons (Fsp3) is 0. The maximum atomic E-state index is 6.00. The van der Waals surface area contributed by atoms with E-state index in [1.54, 1.807) is 11.3 Å². The van der Waals surface area contributed by atoms with Gasteiger partial charge in [0.2, 0.25) is 0 Å². The molecule has 0 radical (unpaired) electrons. The first kappa shape index (κ1) is 15.9. The molecule has 1 heterocycles. The van der Waals surface area contributed by atoms with Crippen LogP contribution in [0.5, 0.6) is 11.5 Å². The van der Waals surface area contributed by atoms with E-state index in [1.165, 1.54) is 20.5 Å². The lowest BCUT2D eigenvalue weighted by Gasteiger charge is -2.10. The molecule has 0 saturated heterocycles. The van der Waals surface area contributed by atoms with Crippen LogP contribution in [0.1, 0.15) is 0 Å². The van der Waals surface area contributed by atoms with Crippen molar-refractivity contribution in [1.82, 2.24) is 0 Å². The molecule has 0 saturated carbocycles. The van der Waals surface area contributed by atoms with E-state index in [9.17, 15) is 0 Å². The Balaban J connectivity index is 1.68. The van der Waals surface area contributed by atoms with E-state index in [4.69, 9.17) is 4.74 Å². The van der Waals surface area contributed by atoms with Gasteiger partial charge in [0.15, 0.2) is 0 Å². The van der Waals surface area contributed by atoms with Crippen LogP contribution in [0.4, 0.5) is 0 Å². The lowest BCUT2D eigenvalue weighted by molar-refractivity contribution is 0.477. The highest BCUT2D eigenvalue weighted by Crippen LogP contribution is 2.39. The van der Waals surface area contributed by atoms with E-state index in [0.717, 1.165) is 20.4 Å². The lowest BCUT2D eigenvalue weighted by atomic mass is 10.1. The second kappa shape index (κ2) is 6.71. The zero-order valence-corrected chi connectivity index (χ0v) is 16.5. The first-order valence-electron chi connectivity index (χ1n) is 7.41. The summed E-state index contributed by atoms with van der Waals surface area (Å²) >= 11 is 8.95. The molecule has 0 aliphatic rings. The quantitative estimate of drug-likeness (QED) is 0.302. The van der Waals surface area contributed by atoms with E-state index in [1.807, 2.05) is 30.3 Å². The summed E-state index contributed by atoms with van der Waals surface area (Å²) in [5.74, 6) is 1.60. The van der Waals surface area contributed by atoms with Gasteiger partial charge in [-0.15, -0.1) is 11.3 Å². The van der Waals surface area contributed by atoms with Crippen molar-refractivity contribution in [3.8, 4) is 21.9 Å². The molecule has 4 aromatic rings. The fourth-order valence-corrected chi connectivity index (χ4v) is 4.39. The summed E-state index contributed by atoms with van der Waals surface area (Å²) in [5, 5.41) is 1.28. The van der Waals surface area contributed by atoms with Crippen molar-refractivity contribution < 1.29 is 4.74 Å². The van der Waals surface area contributed by atoms with Crippen LogP contribution in [0, 0.1) is 0 Å². The molecular formula is C20H12Br2OS. The van der Waals surface area contributed by atoms with Crippen molar-refractivity contribution in [1.29, 1.82) is 0 Å². The predicted molar refractivity (Wildman–Crippen MR) is 109 cm³/mol. The molecule has 0 bridgehead atoms. The molecule has 0 atom stereocenters. The second-order valence-corrected chi connectivity index (χ2v) is 8.12. The molecule has 0 aliphatic heterocycles. The molecule has 3 aromatic carbocycles. The van der Waals surface area contributed by atoms with Gasteiger partial charge in [-0.25, -0.2) is 0 Å². The molecule has 0 fully saturated rings. The molecule has 0 aliphatic carbocycles. The second-order valence-electron chi connectivity index (χ2n) is 5.33. The summed E-state index contributed by atoms with van der Waals surface area (Å²) in [6, 6.07) is 24.7. The highest BCUT2D eigenvalue weighted by Gasteiger charge is 2.09. The van der Waals surface area contributed by atoms with Crippen LogP contribution in [-0.4, -0.2) is 0 Å². The van der Waals surface area contributed by atoms with Gasteiger partial charge < -0.3 is 4.74 Å². The number of thiophene rings is 1. The van der Waals surface area contributed by atoms with Crippen LogP contribution in [0.15, 0.2) is 81.7 Å². The number of hydrogen-bond donors (Lipinski definition) is 0. The summed E-state index contributed by atoms with van der Waals surface area (Å²) in [6.45, 7) is 0. The third kappa shape index (κ3) is 3.14. The standard InChI is InChI=1S/C20H12Br2OS/c21-15-6-2-3-7-17(15)23-18-10-9-14(11-16(18)22)20-12-13-5-1-4-8-19(13)24-20/h1-12H. The summed E-state index contributed by atoms with van der Waals surface area (Å²) in [7, 11) is 0. The maximum Gasteiger partial charge on any atom is 0.141 e. The van der Waals surface area contributed by atoms with Gasteiger partial charge in [0, 0.05) is 9.58 Å². The van der Waals surface area contributed by atoms with Gasteiger partial charge in [-0.3, -0.25) is 0 Å². The Kier molecular flexibility index (Phi) is 4.44. The molecule has 0 unspecified atom stereocenters. The van der Waals surface area contributed by atoms with Crippen LogP contribution in [0.3, 0.4) is 0 Å². The van der Waals surface area contributed by atoms with Crippen molar-refractivity contribution in [2.24, 2.45) is 0 Å². The smallest absolute Gasteiger partial charge is 0.141 e. The van der Waals surface area contributed by atoms with Crippen molar-refractivity contribution in [3.63, 3.8) is 0 Å². The van der Waals surface area contributed by atoms with Gasteiger partial charge in [0.1, 0.15) is 11.5 Å². The molecule has 0 amide bonds. The van der Waals surface area contributed by atoms with Gasteiger partial charge in [0.05, 0.1) is 8.95 Å². The molecule has 1 nitrogen and oxygen atoms in total. The maximum absolute atomic E-state index is 6.00. The average molecular weight is 460 g/mol. The first-order chi connectivity index (χ1) is 11.7. The van der Waals surface area contributed by atoms with Crippen LogP contribution >= 0.6 is 43.2 Å². The number of hydrogen-bond acceptors (Lipinski definition) is 2. The van der Waals surface area contributed by atoms with Crippen LogP contribution in [-0.2, 0) is 0 Å². The zero-order chi connectivity index (χ0) is 16.5. The molecule has 0 spiro atoms. The molecule has 1 aromatic heterocycles. The van der Waals surface area contributed by atoms with E-state index < -0.39 is 0 Å². The molecule has 4 rings (SSSR count). The van der Waals surface area contributed by atoms with Gasteiger partial charge in [0.25, 0.3) is 0 Å². The molecule has 4 heteroatoms. The normalized spacial score (nSPS) is 10.9. The SMILES string of the molecule is Brc1ccccc1Oc1ccc(-c2cc3ccccc3s2)cc1Br. The van der Waals surface area contributed by atoms with Crippen molar-refractivity contribution in [2.75, 3.05) is 0 Å². The predicted octanol–water partition coefficient (Wildman–Crippen LogP) is 7.89. The Hall–Kier alpha value is -1.62. The largest absolute Gasteiger partial charge is 0.455 e. The summed E-state index contributed by atoms with van der Waals surface area (Å²) in [5.41, 5.74) is 1.18. The van der Waals surface area contributed by atoms with Crippen LogP contribution in [0.25, 0.3) is 20.5 Å². The van der Waals surface area contributed by atoms with E-state index in [2.05, 4.69) is 74.3 Å². The minimum Gasteiger partial charge on any atom is -0.455 e. The first-order valence-corrected chi connectivity index (χ1v) is 9.82. The minimum absolute atomic E-state index is 0.798. The third-order valence-electron chi connectivity index (χ3n) is 3.70. The Morgan fingerprint density at radius 3 is 2.25 bits per heavy atom. The van der Waals surface area contributed by atoms with Crippen LogP contribution < -0.4 is 4.74 Å². The Bertz CT molecular complexity index is 990. The fourth-order valence-electron chi connectivity index (χ4n) is 2.51. The van der Waals surface area contributed by atoms with Crippen molar-refractivity contribution in [3.05, 3.63) is 81.7 Å². The zero-order valence-electron chi connectivity index (χ0n) is 12.5. The number of halogens is 2.